The summed E-state index contributed by atoms with van der Waals surface area (Å²) in [5.41, 5.74) is 8.00. The molecule has 16 heteroatoms. The monoisotopic (exact) mass is 932 g/mol. The molecule has 0 unspecified atom stereocenters. The second-order valence-corrected chi connectivity index (χ2v) is 13.1. The summed E-state index contributed by atoms with van der Waals surface area (Å²) in [5, 5.41) is 41.4. The van der Waals surface area contributed by atoms with E-state index in [1.165, 1.54) is 0 Å². The van der Waals surface area contributed by atoms with Crippen LogP contribution < -0.4 is 34.9 Å². The van der Waals surface area contributed by atoms with Crippen LogP contribution >= 0.6 is 0 Å². The van der Waals surface area contributed by atoms with Crippen molar-refractivity contribution in [1.82, 2.24) is 25.3 Å². The molecule has 54 heavy (non-hydrogen) atoms. The van der Waals surface area contributed by atoms with Crippen LogP contribution in [-0.4, -0.2) is 76.2 Å². The van der Waals surface area contributed by atoms with Gasteiger partial charge in [-0.25, -0.2) is 14.6 Å². The summed E-state index contributed by atoms with van der Waals surface area (Å²) in [4.78, 5) is 78.3. The summed E-state index contributed by atoms with van der Waals surface area (Å²) in [6, 6.07) is 3.77. The van der Waals surface area contributed by atoms with Crippen molar-refractivity contribution in [3.05, 3.63) is 81.4 Å². The molecule has 0 aliphatic carbocycles. The van der Waals surface area contributed by atoms with Gasteiger partial charge in [0.15, 0.2) is 0 Å². The molecular weight excluding hydrogens is 890 g/mol. The van der Waals surface area contributed by atoms with E-state index >= 15 is 0 Å². The molecule has 8 bridgehead atoms. The molecule has 0 aromatic carbocycles. The first-order valence-electron chi connectivity index (χ1n) is 16.8. The fourth-order valence-corrected chi connectivity index (χ4v) is 7.16. The number of aliphatic carboxylic acids is 3. The average molecular weight is 933 g/mol. The Kier molecular flexibility index (Phi) is 14.6. The smallest absolute Gasteiger partial charge is 1.00 e. The zero-order valence-corrected chi connectivity index (χ0v) is 35.0. The number of amides is 1. The number of aromatic carboxylic acids is 1. The van der Waals surface area contributed by atoms with Gasteiger partial charge in [-0.3, -0.25) is 19.4 Å². The largest absolute Gasteiger partial charge is 1.00 e. The third-order valence-corrected chi connectivity index (χ3v) is 9.97. The number of hydrogen-bond donors (Lipinski definition) is 7. The zero-order chi connectivity index (χ0) is 38.2. The number of carbonyl (C=O) groups is 5. The van der Waals surface area contributed by atoms with E-state index in [0.717, 1.165) is 33.3 Å². The van der Waals surface area contributed by atoms with Crippen molar-refractivity contribution < 1.29 is 97.8 Å². The number of carboxylic acid groups (broad SMARTS) is 4. The Morgan fingerprint density at radius 3 is 2.17 bits per heavy atom. The molecule has 3 aromatic heterocycles. The van der Waals surface area contributed by atoms with Crippen LogP contribution in [-0.2, 0) is 54.4 Å². The van der Waals surface area contributed by atoms with E-state index in [1.807, 2.05) is 33.8 Å². The van der Waals surface area contributed by atoms with Crippen LogP contribution in [0.2, 0.25) is 0 Å². The quantitative estimate of drug-likeness (QED) is 0.131. The minimum Gasteiger partial charge on any atom is -1.00 e. The second kappa shape index (κ2) is 17.9. The molecule has 5 rings (SSSR count). The van der Waals surface area contributed by atoms with Crippen LogP contribution in [0.25, 0.3) is 33.2 Å². The number of H-pyrrole nitrogens is 2. The summed E-state index contributed by atoms with van der Waals surface area (Å²) in [6.07, 6.45) is 0.734. The van der Waals surface area contributed by atoms with Gasteiger partial charge >= 0.3 is 53.4 Å². The first kappa shape index (κ1) is 44.1. The van der Waals surface area contributed by atoms with Crippen LogP contribution in [0.3, 0.4) is 0 Å². The molecule has 7 N–H and O–H groups in total. The van der Waals surface area contributed by atoms with E-state index in [4.69, 9.17) is 9.97 Å². The fourth-order valence-electron chi connectivity index (χ4n) is 7.16. The Hall–Kier alpha value is -4.31. The summed E-state index contributed by atoms with van der Waals surface area (Å²) in [5.74, 6) is -7.27. The third kappa shape index (κ3) is 8.80. The molecular formula is C38H42AuN5NaO9. The number of aromatic amines is 2. The summed E-state index contributed by atoms with van der Waals surface area (Å²) in [6.45, 7) is 13.4. The molecule has 0 saturated heterocycles. The molecule has 285 valence electrons. The maximum atomic E-state index is 13.6. The van der Waals surface area contributed by atoms with E-state index in [1.54, 1.807) is 25.1 Å². The van der Waals surface area contributed by atoms with Crippen LogP contribution in [0.5, 0.6) is 0 Å². The maximum absolute atomic E-state index is 13.6. The van der Waals surface area contributed by atoms with Gasteiger partial charge in [-0.1, -0.05) is 26.5 Å². The van der Waals surface area contributed by atoms with Crippen molar-refractivity contribution in [3.8, 4) is 0 Å². The van der Waals surface area contributed by atoms with Gasteiger partial charge in [-0.15, -0.1) is 0 Å². The Bertz CT molecular complexity index is 2270. The van der Waals surface area contributed by atoms with Crippen molar-refractivity contribution in [3.63, 3.8) is 0 Å². The van der Waals surface area contributed by atoms with E-state index in [0.29, 0.717) is 34.6 Å². The molecule has 14 nitrogen and oxygen atoms in total. The minimum atomic E-state index is -1.76. The molecule has 1 radical (unpaired) electrons. The van der Waals surface area contributed by atoms with Crippen molar-refractivity contribution in [2.24, 2.45) is 0 Å². The summed E-state index contributed by atoms with van der Waals surface area (Å²) >= 11 is 0. The second-order valence-electron chi connectivity index (χ2n) is 13.1. The van der Waals surface area contributed by atoms with Crippen molar-refractivity contribution in [1.29, 1.82) is 0 Å². The molecule has 5 heterocycles. The Labute approximate surface area is 349 Å². The van der Waals surface area contributed by atoms with E-state index in [2.05, 4.69) is 21.9 Å². The molecule has 1 amide bonds. The Morgan fingerprint density at radius 2 is 1.59 bits per heavy atom. The Morgan fingerprint density at radius 1 is 0.926 bits per heavy atom. The van der Waals surface area contributed by atoms with Crippen molar-refractivity contribution in [2.75, 3.05) is 0 Å². The van der Waals surface area contributed by atoms with Gasteiger partial charge in [0.25, 0.3) is 0 Å². The first-order chi connectivity index (χ1) is 24.6. The van der Waals surface area contributed by atoms with Crippen LogP contribution in [0, 0.1) is 13.8 Å². The topological polar surface area (TPSA) is 236 Å². The number of fused-ring (bicyclic) bond motifs is 8. The number of carbonyl (C=O) groups excluding carboxylic acids is 1. The number of aromatic nitrogens is 4. The number of rotatable bonds is 12. The number of aryl methyl sites for hydroxylation is 3. The van der Waals surface area contributed by atoms with E-state index in [-0.39, 0.29) is 88.5 Å². The SMILES string of the molecule is C=CC1=C(C)c2cc3nc(c(CC(=O)N[C@@H](CC(=O)O)C(=O)O)c4[nH]c(cc5[nH]c(cc1n2)c(C)c5CC)c(C)c4C(=O)O)[C@@H](CCC(=O)O)[C@@H]3C.[Au].[H-].[Na+]. The minimum absolute atomic E-state index is 0. The van der Waals surface area contributed by atoms with Gasteiger partial charge in [-0.05, 0) is 74.1 Å². The van der Waals surface area contributed by atoms with Crippen molar-refractivity contribution in [2.45, 2.75) is 84.6 Å². The van der Waals surface area contributed by atoms with Gasteiger partial charge in [0.2, 0.25) is 5.91 Å². The first-order valence-corrected chi connectivity index (χ1v) is 16.8. The molecule has 2 aliphatic rings. The number of hydrogen-bond acceptors (Lipinski definition) is 7. The number of nitrogens with one attached hydrogen (secondary N) is 3. The maximum Gasteiger partial charge on any atom is 1.00 e. The van der Waals surface area contributed by atoms with Crippen LogP contribution in [0.15, 0.2) is 30.9 Å². The molecule has 0 fully saturated rings. The summed E-state index contributed by atoms with van der Waals surface area (Å²) in [7, 11) is 0. The number of carboxylic acids is 4. The average Bonchev–Trinajstić information content (AvgIpc) is 3.74. The Balaban J connectivity index is 0.00000348. The van der Waals surface area contributed by atoms with Gasteiger partial charge in [0, 0.05) is 74.0 Å². The number of allylic oxidation sites excluding steroid dienone is 3. The van der Waals surface area contributed by atoms with E-state index in [9.17, 15) is 44.4 Å². The third-order valence-electron chi connectivity index (χ3n) is 9.97. The summed E-state index contributed by atoms with van der Waals surface area (Å²) < 4.78 is 0. The van der Waals surface area contributed by atoms with Gasteiger partial charge in [0.1, 0.15) is 6.04 Å². The van der Waals surface area contributed by atoms with Crippen molar-refractivity contribution >= 4 is 63.0 Å². The number of nitrogens with zero attached hydrogens (tertiary/aromatic N) is 2. The predicted molar refractivity (Wildman–Crippen MR) is 194 cm³/mol. The predicted octanol–water partition coefficient (Wildman–Crippen LogP) is 2.76. The molecule has 3 atom stereocenters. The van der Waals surface area contributed by atoms with Gasteiger partial charge in [0.05, 0.1) is 41.0 Å². The molecule has 2 aliphatic heterocycles. The standard InChI is InChI=1S/C38H41N5O9.Au.Na.H/c1-7-20-16(3)24-12-26-18(5)22(9-10-32(45)46)35(42-26)23(11-31(44)41-30(37(49)50)15-33(47)48)36-34(38(51)52)19(6)27(43-36)14-29-21(8-2)17(4)25(40-29)13-28(20)39-24;;;/h7,12-14,18,22,30,40,43H,1,8-11,15H2,2-6H3,(H,41,44)(H,45,46)(H,47,48)(H,49,50)(H,51,52);;;/q;;+1;-1/t18-,22-,30-;;;/m0.../s1. The van der Waals surface area contributed by atoms with Crippen LogP contribution in [0.4, 0.5) is 0 Å². The van der Waals surface area contributed by atoms with E-state index < -0.39 is 60.5 Å². The van der Waals surface area contributed by atoms with Gasteiger partial charge < -0.3 is 37.1 Å². The molecule has 3 aromatic rings. The van der Waals surface area contributed by atoms with Gasteiger partial charge in [-0.2, -0.15) is 0 Å². The normalized spacial score (nSPS) is 15.4. The molecule has 0 spiro atoms. The fraction of sp³-hybridized carbons (Fsp3) is 0.342. The molecule has 0 saturated carbocycles. The zero-order valence-electron chi connectivity index (χ0n) is 31.8. The van der Waals surface area contributed by atoms with Crippen LogP contribution in [0.1, 0.15) is 109 Å².